The maximum Gasteiger partial charge on any atom is 0.136 e. The van der Waals surface area contributed by atoms with Crippen molar-refractivity contribution < 1.29 is 9.59 Å². The molecule has 2 heteroatoms. The Hall–Kier alpha value is -0.660. The van der Waals surface area contributed by atoms with Crippen LogP contribution in [-0.4, -0.2) is 11.6 Å². The van der Waals surface area contributed by atoms with E-state index in [4.69, 9.17) is 0 Å². The average molecular weight is 126 g/mol. The molecule has 0 aromatic rings. The van der Waals surface area contributed by atoms with E-state index < -0.39 is 0 Å². The molecule has 0 aromatic carbocycles. The van der Waals surface area contributed by atoms with Gasteiger partial charge in [-0.25, -0.2) is 0 Å². The summed E-state index contributed by atoms with van der Waals surface area (Å²) in [6.07, 6.45) is 2.09. The van der Waals surface area contributed by atoms with Gasteiger partial charge in [-0.3, -0.25) is 4.79 Å². The number of hydrogen-bond donors (Lipinski definition) is 0. The second kappa shape index (κ2) is 2.29. The second-order valence-electron chi connectivity index (χ2n) is 2.61. The van der Waals surface area contributed by atoms with Crippen LogP contribution in [0.4, 0.5) is 0 Å². The van der Waals surface area contributed by atoms with Crippen LogP contribution in [-0.2, 0) is 9.59 Å². The van der Waals surface area contributed by atoms with Gasteiger partial charge in [0.15, 0.2) is 0 Å². The molecule has 2 nitrogen and oxygen atoms in total. The molecule has 1 fully saturated rings. The van der Waals surface area contributed by atoms with Gasteiger partial charge in [0.2, 0.25) is 0 Å². The van der Waals surface area contributed by atoms with Crippen LogP contribution in [0.2, 0.25) is 0 Å². The molecule has 1 saturated carbocycles. The minimum Gasteiger partial charge on any atom is -0.300 e. The smallest absolute Gasteiger partial charge is 0.136 e. The van der Waals surface area contributed by atoms with Crippen LogP contribution in [0.1, 0.15) is 26.2 Å². The average Bonchev–Trinajstić information content (AvgIpc) is 1.79. The van der Waals surface area contributed by atoms with Crippen molar-refractivity contribution in [1.82, 2.24) is 0 Å². The van der Waals surface area contributed by atoms with E-state index >= 15 is 0 Å². The summed E-state index contributed by atoms with van der Waals surface area (Å²) < 4.78 is 0. The monoisotopic (exact) mass is 126 g/mol. The topological polar surface area (TPSA) is 34.1 Å². The summed E-state index contributed by atoms with van der Waals surface area (Å²) in [6, 6.07) is 0. The van der Waals surface area contributed by atoms with Crippen LogP contribution in [0.5, 0.6) is 0 Å². The van der Waals surface area contributed by atoms with E-state index in [0.717, 1.165) is 6.42 Å². The van der Waals surface area contributed by atoms with Crippen LogP contribution in [0.3, 0.4) is 0 Å². The summed E-state index contributed by atoms with van der Waals surface area (Å²) in [6.45, 7) is 1.53. The molecule has 0 aliphatic heterocycles. The van der Waals surface area contributed by atoms with Gasteiger partial charge in [0.05, 0.1) is 0 Å². The number of Topliss-reactive ketones (excluding diaryl/α,β-unsaturated/α-hetero) is 2. The van der Waals surface area contributed by atoms with Gasteiger partial charge in [-0.05, 0) is 13.3 Å². The highest BCUT2D eigenvalue weighted by Crippen LogP contribution is 2.25. The van der Waals surface area contributed by atoms with Crippen molar-refractivity contribution in [3.8, 4) is 0 Å². The Balaban J connectivity index is 2.29. The number of carbonyl (C=O) groups is 2. The normalized spacial score (nSPS) is 25.4. The molecule has 9 heavy (non-hydrogen) atoms. The molecule has 1 aliphatic carbocycles. The minimum atomic E-state index is 0.0856. The Morgan fingerprint density at radius 1 is 1.78 bits per heavy atom. The van der Waals surface area contributed by atoms with Crippen molar-refractivity contribution in [2.45, 2.75) is 26.2 Å². The maximum absolute atomic E-state index is 10.6. The van der Waals surface area contributed by atoms with Crippen molar-refractivity contribution in [2.75, 3.05) is 0 Å². The molecule has 1 rings (SSSR count). The Kier molecular flexibility index (Phi) is 1.65. The number of ketones is 2. The van der Waals surface area contributed by atoms with Crippen molar-refractivity contribution in [3.63, 3.8) is 0 Å². The molecule has 0 N–H and O–H groups in total. The van der Waals surface area contributed by atoms with Crippen molar-refractivity contribution in [3.05, 3.63) is 0 Å². The summed E-state index contributed by atoms with van der Waals surface area (Å²) in [5.74, 6) is 0.487. The van der Waals surface area contributed by atoms with Gasteiger partial charge in [0.1, 0.15) is 11.6 Å². The molecular weight excluding hydrogens is 116 g/mol. The lowest BCUT2D eigenvalue weighted by Crippen LogP contribution is -2.27. The van der Waals surface area contributed by atoms with Gasteiger partial charge < -0.3 is 4.79 Å². The zero-order chi connectivity index (χ0) is 6.85. The van der Waals surface area contributed by atoms with E-state index in [0.29, 0.717) is 12.8 Å². The summed E-state index contributed by atoms with van der Waals surface area (Å²) in [5, 5.41) is 0. The Bertz CT molecular complexity index is 149. The quantitative estimate of drug-likeness (QED) is 0.552. The lowest BCUT2D eigenvalue weighted by molar-refractivity contribution is -0.132. The van der Waals surface area contributed by atoms with E-state index in [1.165, 1.54) is 6.92 Å². The van der Waals surface area contributed by atoms with Gasteiger partial charge in [0.25, 0.3) is 0 Å². The van der Waals surface area contributed by atoms with E-state index in [-0.39, 0.29) is 17.5 Å². The van der Waals surface area contributed by atoms with Crippen LogP contribution in [0.25, 0.3) is 0 Å². The third-order valence-electron chi connectivity index (χ3n) is 1.73. The third kappa shape index (κ3) is 1.37. The summed E-state index contributed by atoms with van der Waals surface area (Å²) >= 11 is 0. The largest absolute Gasteiger partial charge is 0.300 e. The fraction of sp³-hybridized carbons (Fsp3) is 0.714. The molecular formula is C7H10O2. The molecule has 0 amide bonds. The van der Waals surface area contributed by atoms with Gasteiger partial charge in [-0.2, -0.15) is 0 Å². The Morgan fingerprint density at radius 2 is 2.44 bits per heavy atom. The zero-order valence-corrected chi connectivity index (χ0v) is 5.52. The van der Waals surface area contributed by atoms with Crippen LogP contribution < -0.4 is 0 Å². The van der Waals surface area contributed by atoms with E-state index in [9.17, 15) is 9.59 Å². The molecule has 0 spiro atoms. The van der Waals surface area contributed by atoms with Crippen molar-refractivity contribution in [1.29, 1.82) is 0 Å². The number of carbonyl (C=O) groups excluding carboxylic acids is 2. The molecule has 50 valence electrons. The van der Waals surface area contributed by atoms with Crippen LogP contribution in [0, 0.1) is 5.92 Å². The fourth-order valence-corrected chi connectivity index (χ4v) is 1.03. The third-order valence-corrected chi connectivity index (χ3v) is 1.73. The number of hydrogen-bond acceptors (Lipinski definition) is 2. The van der Waals surface area contributed by atoms with E-state index in [2.05, 4.69) is 0 Å². The van der Waals surface area contributed by atoms with Crippen LogP contribution >= 0.6 is 0 Å². The fourth-order valence-electron chi connectivity index (χ4n) is 1.03. The molecule has 1 aliphatic rings. The first kappa shape index (κ1) is 6.46. The first-order valence-electron chi connectivity index (χ1n) is 3.22. The van der Waals surface area contributed by atoms with Gasteiger partial charge in [-0.1, -0.05) is 0 Å². The highest BCUT2D eigenvalue weighted by Gasteiger charge is 2.28. The van der Waals surface area contributed by atoms with Gasteiger partial charge in [0, 0.05) is 18.8 Å². The predicted molar refractivity (Wildman–Crippen MR) is 33.0 cm³/mol. The Labute approximate surface area is 54.2 Å². The highest BCUT2D eigenvalue weighted by molar-refractivity contribution is 5.90. The predicted octanol–water partition coefficient (Wildman–Crippen LogP) is 0.945. The van der Waals surface area contributed by atoms with Crippen molar-refractivity contribution in [2.24, 2.45) is 5.92 Å². The molecule has 0 heterocycles. The summed E-state index contributed by atoms with van der Waals surface area (Å²) in [4.78, 5) is 21.1. The molecule has 0 saturated heterocycles. The van der Waals surface area contributed by atoms with E-state index in [1.54, 1.807) is 0 Å². The molecule has 0 aromatic heterocycles. The van der Waals surface area contributed by atoms with Crippen molar-refractivity contribution >= 4 is 11.6 Å². The summed E-state index contributed by atoms with van der Waals surface area (Å²) in [5.41, 5.74) is 0. The molecule has 1 atom stereocenters. The Morgan fingerprint density at radius 3 is 2.56 bits per heavy atom. The second-order valence-corrected chi connectivity index (χ2v) is 2.61. The minimum absolute atomic E-state index is 0.0856. The van der Waals surface area contributed by atoms with E-state index in [1.807, 2.05) is 0 Å². The molecule has 0 bridgehead atoms. The van der Waals surface area contributed by atoms with Gasteiger partial charge >= 0.3 is 0 Å². The van der Waals surface area contributed by atoms with Crippen LogP contribution in [0.15, 0.2) is 0 Å². The molecule has 0 radical (unpaired) electrons. The SMILES string of the molecule is CC(=O)CC1CCC1=O. The summed E-state index contributed by atoms with van der Waals surface area (Å²) in [7, 11) is 0. The molecule has 1 unspecified atom stereocenters. The van der Waals surface area contributed by atoms with Gasteiger partial charge in [-0.15, -0.1) is 0 Å². The standard InChI is InChI=1S/C7H10O2/c1-5(8)4-6-2-3-7(6)9/h6H,2-4H2,1H3. The lowest BCUT2D eigenvalue weighted by Gasteiger charge is -2.21. The highest BCUT2D eigenvalue weighted by atomic mass is 16.1. The maximum atomic E-state index is 10.6. The first-order valence-corrected chi connectivity index (χ1v) is 3.22. The lowest BCUT2D eigenvalue weighted by atomic mass is 9.80. The number of rotatable bonds is 2. The zero-order valence-electron chi connectivity index (χ0n) is 5.52. The first-order chi connectivity index (χ1) is 4.20.